The van der Waals surface area contributed by atoms with Crippen molar-refractivity contribution < 1.29 is 14.4 Å². The number of hydrogen-bond acceptors (Lipinski definition) is 4. The molecule has 0 unspecified atom stereocenters. The van der Waals surface area contributed by atoms with Crippen molar-refractivity contribution in [2.75, 3.05) is 25.0 Å². The van der Waals surface area contributed by atoms with Crippen molar-refractivity contribution in [1.29, 1.82) is 0 Å². The Kier molecular flexibility index (Phi) is 10.3. The summed E-state index contributed by atoms with van der Waals surface area (Å²) in [6, 6.07) is 17.5. The molecule has 1 saturated heterocycles. The summed E-state index contributed by atoms with van der Waals surface area (Å²) in [6.07, 6.45) is 8.19. The normalized spacial score (nSPS) is 19.0. The van der Waals surface area contributed by atoms with Gasteiger partial charge in [0.1, 0.15) is 6.04 Å². The molecule has 1 aliphatic carbocycles. The van der Waals surface area contributed by atoms with E-state index in [4.69, 9.17) is 0 Å². The molecule has 38 heavy (non-hydrogen) atoms. The van der Waals surface area contributed by atoms with Crippen LogP contribution in [0.25, 0.3) is 0 Å². The first-order valence-electron chi connectivity index (χ1n) is 14.2. The van der Waals surface area contributed by atoms with Crippen molar-refractivity contribution >= 4 is 23.4 Å². The van der Waals surface area contributed by atoms with Crippen molar-refractivity contribution in [2.24, 2.45) is 5.92 Å². The lowest BCUT2D eigenvalue weighted by molar-refractivity contribution is -0.137. The predicted molar refractivity (Wildman–Crippen MR) is 151 cm³/mol. The zero-order chi connectivity index (χ0) is 26.7. The standard InChI is InChI=1S/C31H42N4O3/c1-2-29(36)34-28(31(38)35-18-17-32-27(22-35)19-23-9-5-3-6-10-23)20-25-13-15-26(16-14-25)33-30(37)21-24-11-7-4-8-12-24/h3,5-6,9-10,13-16,24,27-28,32H,2,4,7-8,11-12,17-22H2,1H3,(H,33,37)(H,34,36)/t27-,28-/m1/s1. The second-order valence-corrected chi connectivity index (χ2v) is 10.8. The number of carbonyl (C=O) groups is 3. The number of nitrogens with one attached hydrogen (secondary N) is 3. The number of anilines is 1. The van der Waals surface area contributed by atoms with Gasteiger partial charge in [0.2, 0.25) is 17.7 Å². The first-order chi connectivity index (χ1) is 18.5. The monoisotopic (exact) mass is 518 g/mol. The van der Waals surface area contributed by atoms with E-state index in [0.29, 0.717) is 38.3 Å². The minimum Gasteiger partial charge on any atom is -0.344 e. The molecule has 0 aromatic heterocycles. The second kappa shape index (κ2) is 14.1. The van der Waals surface area contributed by atoms with Crippen molar-refractivity contribution in [3.05, 3.63) is 65.7 Å². The summed E-state index contributed by atoms with van der Waals surface area (Å²) in [4.78, 5) is 40.3. The molecule has 2 atom stereocenters. The fraction of sp³-hybridized carbons (Fsp3) is 0.516. The Morgan fingerprint density at radius 2 is 1.68 bits per heavy atom. The number of amides is 3. The SMILES string of the molecule is CCC(=O)N[C@H](Cc1ccc(NC(=O)CC2CCCCC2)cc1)C(=O)N1CCN[C@H](Cc2ccccc2)C1. The van der Waals surface area contributed by atoms with Crippen LogP contribution in [0.1, 0.15) is 63.0 Å². The highest BCUT2D eigenvalue weighted by Crippen LogP contribution is 2.26. The van der Waals surface area contributed by atoms with Gasteiger partial charge in [0.05, 0.1) is 0 Å². The van der Waals surface area contributed by atoms with E-state index in [9.17, 15) is 14.4 Å². The predicted octanol–water partition coefficient (Wildman–Crippen LogP) is 4.08. The lowest BCUT2D eigenvalue weighted by atomic mass is 9.87. The third-order valence-corrected chi connectivity index (χ3v) is 7.72. The van der Waals surface area contributed by atoms with Gasteiger partial charge in [0.15, 0.2) is 0 Å². The molecule has 0 radical (unpaired) electrons. The van der Waals surface area contributed by atoms with Gasteiger partial charge in [0.25, 0.3) is 0 Å². The molecule has 2 aromatic rings. The van der Waals surface area contributed by atoms with E-state index in [1.165, 1.54) is 24.8 Å². The number of carbonyl (C=O) groups excluding carboxylic acids is 3. The van der Waals surface area contributed by atoms with Crippen LogP contribution in [0, 0.1) is 5.92 Å². The smallest absolute Gasteiger partial charge is 0.245 e. The quantitative estimate of drug-likeness (QED) is 0.442. The van der Waals surface area contributed by atoms with Crippen molar-refractivity contribution in [1.82, 2.24) is 15.5 Å². The van der Waals surface area contributed by atoms with Crippen LogP contribution in [0.2, 0.25) is 0 Å². The highest BCUT2D eigenvalue weighted by molar-refractivity contribution is 5.91. The van der Waals surface area contributed by atoms with E-state index in [1.807, 2.05) is 47.4 Å². The maximum absolute atomic E-state index is 13.6. The second-order valence-electron chi connectivity index (χ2n) is 10.8. The molecular weight excluding hydrogens is 476 g/mol. The van der Waals surface area contributed by atoms with E-state index in [0.717, 1.165) is 37.1 Å². The van der Waals surface area contributed by atoms with Gasteiger partial charge < -0.3 is 20.9 Å². The molecule has 2 aliphatic rings. The maximum Gasteiger partial charge on any atom is 0.245 e. The van der Waals surface area contributed by atoms with Gasteiger partial charge in [-0.2, -0.15) is 0 Å². The Labute approximate surface area is 226 Å². The van der Waals surface area contributed by atoms with Crippen LogP contribution in [0.4, 0.5) is 5.69 Å². The maximum atomic E-state index is 13.6. The first kappa shape index (κ1) is 27.8. The van der Waals surface area contributed by atoms with Gasteiger partial charge in [-0.25, -0.2) is 0 Å². The molecule has 7 heteroatoms. The fourth-order valence-electron chi connectivity index (χ4n) is 5.60. The molecule has 1 heterocycles. The Morgan fingerprint density at radius 1 is 0.947 bits per heavy atom. The summed E-state index contributed by atoms with van der Waals surface area (Å²) in [5.74, 6) is 0.382. The molecule has 0 spiro atoms. The number of nitrogens with zero attached hydrogens (tertiary/aromatic N) is 1. The molecule has 3 N–H and O–H groups in total. The van der Waals surface area contributed by atoms with Gasteiger partial charge in [-0.1, -0.05) is 68.7 Å². The summed E-state index contributed by atoms with van der Waals surface area (Å²) in [5.41, 5.74) is 2.95. The molecule has 3 amide bonds. The molecule has 2 aromatic carbocycles. The van der Waals surface area contributed by atoms with Crippen molar-refractivity contribution in [3.63, 3.8) is 0 Å². The van der Waals surface area contributed by atoms with Crippen LogP contribution in [0.15, 0.2) is 54.6 Å². The molecule has 4 rings (SSSR count). The molecule has 1 aliphatic heterocycles. The van der Waals surface area contributed by atoms with E-state index < -0.39 is 6.04 Å². The van der Waals surface area contributed by atoms with Crippen LogP contribution in [0.3, 0.4) is 0 Å². The number of rotatable bonds is 10. The van der Waals surface area contributed by atoms with Crippen LogP contribution >= 0.6 is 0 Å². The molecule has 7 nitrogen and oxygen atoms in total. The Balaban J connectivity index is 1.35. The van der Waals surface area contributed by atoms with Gasteiger partial charge >= 0.3 is 0 Å². The van der Waals surface area contributed by atoms with Crippen LogP contribution in [-0.2, 0) is 27.2 Å². The molecule has 2 fully saturated rings. The molecule has 0 bridgehead atoms. The Morgan fingerprint density at radius 3 is 2.39 bits per heavy atom. The summed E-state index contributed by atoms with van der Waals surface area (Å²) in [5, 5.41) is 9.49. The molecular formula is C31H42N4O3. The van der Waals surface area contributed by atoms with E-state index in [1.54, 1.807) is 6.92 Å². The average Bonchev–Trinajstić information content (AvgIpc) is 2.94. The zero-order valence-corrected chi connectivity index (χ0v) is 22.6. The van der Waals surface area contributed by atoms with Crippen LogP contribution in [-0.4, -0.2) is 54.3 Å². The number of hydrogen-bond donors (Lipinski definition) is 3. The van der Waals surface area contributed by atoms with Crippen LogP contribution in [0.5, 0.6) is 0 Å². The van der Waals surface area contributed by atoms with Gasteiger partial charge in [-0.3, -0.25) is 14.4 Å². The van der Waals surface area contributed by atoms with Crippen molar-refractivity contribution in [3.8, 4) is 0 Å². The van der Waals surface area contributed by atoms with E-state index in [2.05, 4.69) is 28.1 Å². The number of piperazine rings is 1. The third-order valence-electron chi connectivity index (χ3n) is 7.72. The minimum absolute atomic E-state index is 0.0452. The van der Waals surface area contributed by atoms with Gasteiger partial charge in [0, 0.05) is 50.6 Å². The largest absolute Gasteiger partial charge is 0.344 e. The van der Waals surface area contributed by atoms with Gasteiger partial charge in [-0.15, -0.1) is 0 Å². The minimum atomic E-state index is -0.621. The fourth-order valence-corrected chi connectivity index (χ4v) is 5.60. The van der Waals surface area contributed by atoms with Gasteiger partial charge in [-0.05, 0) is 48.4 Å². The lowest BCUT2D eigenvalue weighted by Gasteiger charge is -2.36. The zero-order valence-electron chi connectivity index (χ0n) is 22.6. The Bertz CT molecular complexity index is 1050. The summed E-state index contributed by atoms with van der Waals surface area (Å²) < 4.78 is 0. The molecule has 204 valence electrons. The summed E-state index contributed by atoms with van der Waals surface area (Å²) in [7, 11) is 0. The Hall–Kier alpha value is -3.19. The first-order valence-corrected chi connectivity index (χ1v) is 14.2. The lowest BCUT2D eigenvalue weighted by Crippen LogP contribution is -2.58. The highest BCUT2D eigenvalue weighted by Gasteiger charge is 2.30. The third kappa shape index (κ3) is 8.42. The summed E-state index contributed by atoms with van der Waals surface area (Å²) in [6.45, 7) is 3.75. The van der Waals surface area contributed by atoms with Crippen molar-refractivity contribution in [2.45, 2.75) is 76.8 Å². The van der Waals surface area contributed by atoms with Crippen LogP contribution < -0.4 is 16.0 Å². The number of benzene rings is 2. The average molecular weight is 519 g/mol. The topological polar surface area (TPSA) is 90.5 Å². The highest BCUT2D eigenvalue weighted by atomic mass is 16.2. The summed E-state index contributed by atoms with van der Waals surface area (Å²) >= 11 is 0. The van der Waals surface area contributed by atoms with E-state index >= 15 is 0 Å². The van der Waals surface area contributed by atoms with E-state index in [-0.39, 0.29) is 23.8 Å². The molecule has 1 saturated carbocycles.